The van der Waals surface area contributed by atoms with Crippen molar-refractivity contribution in [2.75, 3.05) is 26.1 Å². The molecule has 0 aliphatic rings. The van der Waals surface area contributed by atoms with E-state index in [0.29, 0.717) is 12.2 Å². The highest BCUT2D eigenvalue weighted by Gasteiger charge is 2.21. The van der Waals surface area contributed by atoms with Crippen molar-refractivity contribution in [2.45, 2.75) is 26.8 Å². The molecule has 0 saturated heterocycles. The summed E-state index contributed by atoms with van der Waals surface area (Å²) in [5.41, 5.74) is 7.11. The van der Waals surface area contributed by atoms with Crippen LogP contribution in [0.2, 0.25) is 0 Å². The summed E-state index contributed by atoms with van der Waals surface area (Å²) >= 11 is 0. The third-order valence-electron chi connectivity index (χ3n) is 4.43. The van der Waals surface area contributed by atoms with E-state index in [-0.39, 0.29) is 23.1 Å². The Balaban J connectivity index is 2.12. The molecule has 2 N–H and O–H groups in total. The predicted octanol–water partition coefficient (Wildman–Crippen LogP) is 2.84. The number of nitro groups is 1. The number of ketones is 1. The van der Waals surface area contributed by atoms with Crippen molar-refractivity contribution >= 4 is 23.1 Å². The number of hydrogen-bond donors (Lipinski definition) is 1. The molecule has 0 fully saturated rings. The van der Waals surface area contributed by atoms with Crippen LogP contribution in [0.25, 0.3) is 0 Å². The second-order valence-corrected chi connectivity index (χ2v) is 6.49. The number of nitrogens with two attached hydrogens (primary N) is 1. The summed E-state index contributed by atoms with van der Waals surface area (Å²) in [5.74, 6) is -1.19. The first kappa shape index (κ1) is 21.1. The normalized spacial score (nSPS) is 11.9. The number of benzene rings is 1. The van der Waals surface area contributed by atoms with Crippen LogP contribution in [0, 0.1) is 24.0 Å². The molecule has 9 heteroatoms. The fourth-order valence-electron chi connectivity index (χ4n) is 3.17. The van der Waals surface area contributed by atoms with Crippen molar-refractivity contribution in [2.24, 2.45) is 0 Å². The monoisotopic (exact) mass is 389 g/mol. The summed E-state index contributed by atoms with van der Waals surface area (Å²) in [7, 11) is 1.61. The van der Waals surface area contributed by atoms with E-state index >= 15 is 0 Å². The fraction of sp³-hybridized carbons (Fsp3) is 0.368. The van der Waals surface area contributed by atoms with Crippen molar-refractivity contribution < 1.29 is 24.0 Å². The first-order chi connectivity index (χ1) is 13.2. The summed E-state index contributed by atoms with van der Waals surface area (Å²) in [6.45, 7) is 5.70. The lowest BCUT2D eigenvalue weighted by Gasteiger charge is -2.17. The molecule has 150 valence electrons. The van der Waals surface area contributed by atoms with Gasteiger partial charge in [0.25, 0.3) is 5.69 Å². The molecule has 1 aromatic carbocycles. The van der Waals surface area contributed by atoms with Crippen molar-refractivity contribution in [1.82, 2.24) is 4.57 Å². The van der Waals surface area contributed by atoms with Crippen LogP contribution in [0.15, 0.2) is 24.3 Å². The van der Waals surface area contributed by atoms with Crippen molar-refractivity contribution in [1.29, 1.82) is 0 Å². The fourth-order valence-corrected chi connectivity index (χ4v) is 3.17. The molecule has 1 atom stereocenters. The molecular formula is C19H23N3O6. The summed E-state index contributed by atoms with van der Waals surface area (Å²) in [6, 6.07) is 5.38. The lowest BCUT2D eigenvalue weighted by molar-refractivity contribution is -0.383. The number of carbonyl (C=O) groups is 2. The zero-order chi connectivity index (χ0) is 21.0. The Bertz CT molecular complexity index is 919. The van der Waals surface area contributed by atoms with Crippen molar-refractivity contribution in [3.05, 3.63) is 56.9 Å². The number of hydrogen-bond acceptors (Lipinski definition) is 7. The summed E-state index contributed by atoms with van der Waals surface area (Å²) in [5, 5.41) is 10.9. The zero-order valence-corrected chi connectivity index (χ0v) is 16.2. The van der Waals surface area contributed by atoms with E-state index in [9.17, 15) is 19.7 Å². The molecule has 28 heavy (non-hydrogen) atoms. The molecule has 9 nitrogen and oxygen atoms in total. The second kappa shape index (κ2) is 8.66. The Hall–Kier alpha value is -3.20. The van der Waals surface area contributed by atoms with Crippen LogP contribution in [-0.4, -0.2) is 41.6 Å². The molecule has 0 aliphatic carbocycles. The molecule has 0 aliphatic heterocycles. The van der Waals surface area contributed by atoms with Gasteiger partial charge < -0.3 is 19.8 Å². The van der Waals surface area contributed by atoms with Crippen LogP contribution in [0.3, 0.4) is 0 Å². The molecule has 0 bridgehead atoms. The lowest BCUT2D eigenvalue weighted by Crippen LogP contribution is -2.17. The van der Waals surface area contributed by atoms with Gasteiger partial charge in [0.2, 0.25) is 5.78 Å². The number of aromatic nitrogens is 1. The molecule has 2 rings (SSSR count). The van der Waals surface area contributed by atoms with E-state index < -0.39 is 23.2 Å². The molecule has 1 heterocycles. The van der Waals surface area contributed by atoms with Gasteiger partial charge in [-0.1, -0.05) is 0 Å². The molecular weight excluding hydrogens is 366 g/mol. The predicted molar refractivity (Wildman–Crippen MR) is 103 cm³/mol. The van der Waals surface area contributed by atoms with E-state index in [1.807, 2.05) is 25.3 Å². The first-order valence-corrected chi connectivity index (χ1v) is 8.59. The third-order valence-corrected chi connectivity index (χ3v) is 4.43. The Kier molecular flexibility index (Phi) is 6.53. The van der Waals surface area contributed by atoms with Gasteiger partial charge in [0.1, 0.15) is 5.69 Å². The van der Waals surface area contributed by atoms with Gasteiger partial charge in [-0.15, -0.1) is 0 Å². The molecule has 0 saturated carbocycles. The molecule has 0 amide bonds. The van der Waals surface area contributed by atoms with Crippen LogP contribution in [0.5, 0.6) is 0 Å². The molecule has 2 aromatic rings. The number of aryl methyl sites for hydroxylation is 1. The SMILES string of the molecule is COC[C@@H](C)n1c(C)cc(C(=O)COC(=O)c2ccc(N)c([N+](=O)[O-])c2)c1C. The Morgan fingerprint density at radius 3 is 2.57 bits per heavy atom. The second-order valence-electron chi connectivity index (χ2n) is 6.49. The minimum absolute atomic E-state index is 0.0458. The molecule has 0 spiro atoms. The van der Waals surface area contributed by atoms with E-state index in [1.54, 1.807) is 13.2 Å². The van der Waals surface area contributed by atoms with Crippen LogP contribution in [-0.2, 0) is 9.47 Å². The van der Waals surface area contributed by atoms with E-state index in [2.05, 4.69) is 0 Å². The number of carbonyl (C=O) groups excluding carboxylic acids is 2. The number of nitrogen functional groups attached to an aromatic ring is 1. The Labute approximate surface area is 162 Å². The van der Waals surface area contributed by atoms with Gasteiger partial charge >= 0.3 is 5.97 Å². The maximum Gasteiger partial charge on any atom is 0.338 e. The van der Waals surface area contributed by atoms with Crippen LogP contribution >= 0.6 is 0 Å². The van der Waals surface area contributed by atoms with Gasteiger partial charge in [-0.05, 0) is 39.0 Å². The maximum absolute atomic E-state index is 12.5. The minimum Gasteiger partial charge on any atom is -0.454 e. The Morgan fingerprint density at radius 1 is 1.29 bits per heavy atom. The van der Waals surface area contributed by atoms with Crippen molar-refractivity contribution in [3.63, 3.8) is 0 Å². The standard InChI is InChI=1S/C19H23N3O6/c1-11-7-15(13(3)21(11)12(2)9-27-4)18(23)10-28-19(24)14-5-6-16(20)17(8-14)22(25)26/h5-8,12H,9-10,20H2,1-4H3/t12-/m1/s1. The summed E-state index contributed by atoms with van der Waals surface area (Å²) in [6.07, 6.45) is 0. The van der Waals surface area contributed by atoms with Crippen LogP contribution in [0.4, 0.5) is 11.4 Å². The summed E-state index contributed by atoms with van der Waals surface area (Å²) in [4.78, 5) is 34.9. The van der Waals surface area contributed by atoms with E-state index in [1.165, 1.54) is 12.1 Å². The quantitative estimate of drug-likeness (QED) is 0.242. The average Bonchev–Trinajstić information content (AvgIpc) is 2.94. The first-order valence-electron chi connectivity index (χ1n) is 8.59. The van der Waals surface area contributed by atoms with Gasteiger partial charge in [0, 0.05) is 30.1 Å². The van der Waals surface area contributed by atoms with Gasteiger partial charge in [0.05, 0.1) is 23.1 Å². The smallest absolute Gasteiger partial charge is 0.338 e. The number of rotatable bonds is 8. The number of Topliss-reactive ketones (excluding diaryl/α,β-unsaturated/α-hetero) is 1. The number of methoxy groups -OCH3 is 1. The topological polar surface area (TPSA) is 127 Å². The molecule has 0 radical (unpaired) electrons. The number of esters is 1. The third kappa shape index (κ3) is 4.37. The van der Waals surface area contributed by atoms with E-state index in [0.717, 1.165) is 17.5 Å². The van der Waals surface area contributed by atoms with Gasteiger partial charge in [0.15, 0.2) is 6.61 Å². The van der Waals surface area contributed by atoms with Crippen LogP contribution in [0.1, 0.15) is 45.1 Å². The highest BCUT2D eigenvalue weighted by atomic mass is 16.6. The number of nitrogens with zero attached hydrogens (tertiary/aromatic N) is 2. The zero-order valence-electron chi connectivity index (χ0n) is 16.2. The number of ether oxygens (including phenoxy) is 2. The number of anilines is 1. The lowest BCUT2D eigenvalue weighted by atomic mass is 10.1. The highest BCUT2D eigenvalue weighted by molar-refractivity contribution is 6.00. The maximum atomic E-state index is 12.5. The Morgan fingerprint density at radius 2 is 1.96 bits per heavy atom. The van der Waals surface area contributed by atoms with Gasteiger partial charge in [-0.3, -0.25) is 14.9 Å². The average molecular weight is 389 g/mol. The van der Waals surface area contributed by atoms with Gasteiger partial charge in [-0.2, -0.15) is 0 Å². The largest absolute Gasteiger partial charge is 0.454 e. The molecule has 1 aromatic heterocycles. The minimum atomic E-state index is -0.835. The van der Waals surface area contributed by atoms with Gasteiger partial charge in [-0.25, -0.2) is 4.79 Å². The number of nitro benzene ring substituents is 1. The van der Waals surface area contributed by atoms with E-state index in [4.69, 9.17) is 15.2 Å². The summed E-state index contributed by atoms with van der Waals surface area (Å²) < 4.78 is 12.2. The van der Waals surface area contributed by atoms with Crippen LogP contribution < -0.4 is 5.73 Å². The molecule has 0 unspecified atom stereocenters. The highest BCUT2D eigenvalue weighted by Crippen LogP contribution is 2.23. The van der Waals surface area contributed by atoms with Crippen molar-refractivity contribution in [3.8, 4) is 0 Å².